The van der Waals surface area contributed by atoms with E-state index in [1.54, 1.807) is 38.1 Å². The van der Waals surface area contributed by atoms with Crippen LogP contribution < -0.4 is 9.05 Å². The number of rotatable bonds is 7. The standard InChI is InChI=1S/C18H19F2O5P/c1-4-23-17(21)18(19,20)26(22,24-15-9-5-13(2)6-10-15)25-16-11-7-14(3)8-12-16/h5-12H,4H2,1-3H3. The van der Waals surface area contributed by atoms with E-state index in [1.165, 1.54) is 31.2 Å². The van der Waals surface area contributed by atoms with Crippen molar-refractivity contribution in [1.82, 2.24) is 0 Å². The third-order valence-electron chi connectivity index (χ3n) is 3.36. The maximum atomic E-state index is 14.6. The first kappa shape index (κ1) is 19.9. The normalized spacial score (nSPS) is 11.7. The van der Waals surface area contributed by atoms with Crippen LogP contribution in [0.15, 0.2) is 48.5 Å². The Balaban J connectivity index is 2.41. The van der Waals surface area contributed by atoms with E-state index in [9.17, 15) is 18.1 Å². The summed E-state index contributed by atoms with van der Waals surface area (Å²) in [5.74, 6) is -2.20. The van der Waals surface area contributed by atoms with Gasteiger partial charge in [-0.05, 0) is 45.0 Å². The summed E-state index contributed by atoms with van der Waals surface area (Å²) < 4.78 is 56.5. The Morgan fingerprint density at radius 3 is 1.65 bits per heavy atom. The SMILES string of the molecule is CCOC(=O)C(F)(F)P(=O)(Oc1ccc(C)cc1)Oc1ccc(C)cc1. The van der Waals surface area contributed by atoms with E-state index in [0.29, 0.717) is 0 Å². The molecule has 0 fully saturated rings. The number of esters is 1. The zero-order valence-corrected chi connectivity index (χ0v) is 15.5. The van der Waals surface area contributed by atoms with Crippen LogP contribution in [0, 0.1) is 13.8 Å². The zero-order valence-electron chi connectivity index (χ0n) is 14.6. The summed E-state index contributed by atoms with van der Waals surface area (Å²) in [6.07, 6.45) is 0. The highest BCUT2D eigenvalue weighted by Crippen LogP contribution is 2.61. The van der Waals surface area contributed by atoms with Crippen LogP contribution in [0.1, 0.15) is 18.1 Å². The topological polar surface area (TPSA) is 61.8 Å². The lowest BCUT2D eigenvalue weighted by atomic mass is 10.2. The van der Waals surface area contributed by atoms with Crippen LogP contribution in [-0.4, -0.2) is 18.2 Å². The van der Waals surface area contributed by atoms with Crippen molar-refractivity contribution in [3.63, 3.8) is 0 Å². The molecule has 0 atom stereocenters. The lowest BCUT2D eigenvalue weighted by Crippen LogP contribution is -2.34. The molecular weight excluding hydrogens is 365 g/mol. The molecule has 0 amide bonds. The molecule has 140 valence electrons. The third kappa shape index (κ3) is 4.41. The van der Waals surface area contributed by atoms with E-state index < -0.39 is 19.2 Å². The van der Waals surface area contributed by atoms with E-state index in [4.69, 9.17) is 9.05 Å². The summed E-state index contributed by atoms with van der Waals surface area (Å²) in [5.41, 5.74) is -2.79. The van der Waals surface area contributed by atoms with Crippen LogP contribution in [0.3, 0.4) is 0 Å². The minimum Gasteiger partial charge on any atom is -0.461 e. The molecule has 0 aliphatic heterocycles. The van der Waals surface area contributed by atoms with Gasteiger partial charge in [0.15, 0.2) is 0 Å². The van der Waals surface area contributed by atoms with E-state index in [-0.39, 0.29) is 18.1 Å². The monoisotopic (exact) mass is 384 g/mol. The van der Waals surface area contributed by atoms with Crippen molar-refractivity contribution in [3.8, 4) is 11.5 Å². The van der Waals surface area contributed by atoms with Gasteiger partial charge in [0.1, 0.15) is 11.5 Å². The van der Waals surface area contributed by atoms with Crippen LogP contribution in [-0.2, 0) is 14.1 Å². The lowest BCUT2D eigenvalue weighted by molar-refractivity contribution is -0.161. The second kappa shape index (κ2) is 7.87. The van der Waals surface area contributed by atoms with E-state index in [0.717, 1.165) is 11.1 Å². The quantitative estimate of drug-likeness (QED) is 0.490. The molecule has 0 bridgehead atoms. The molecule has 0 spiro atoms. The van der Waals surface area contributed by atoms with Gasteiger partial charge in [0.2, 0.25) is 0 Å². The molecule has 0 saturated carbocycles. The van der Waals surface area contributed by atoms with Crippen molar-refractivity contribution in [2.24, 2.45) is 0 Å². The molecule has 0 aliphatic rings. The predicted octanol–water partition coefficient (Wildman–Crippen LogP) is 5.11. The molecule has 2 aromatic rings. The van der Waals surface area contributed by atoms with E-state index in [2.05, 4.69) is 4.74 Å². The number of carbonyl (C=O) groups excluding carboxylic acids is 1. The highest BCUT2D eigenvalue weighted by atomic mass is 31.2. The van der Waals surface area contributed by atoms with Gasteiger partial charge in [-0.3, -0.25) is 0 Å². The molecule has 26 heavy (non-hydrogen) atoms. The van der Waals surface area contributed by atoms with Gasteiger partial charge in [-0.1, -0.05) is 35.4 Å². The van der Waals surface area contributed by atoms with E-state index in [1.807, 2.05) is 0 Å². The van der Waals surface area contributed by atoms with Gasteiger partial charge in [0, 0.05) is 0 Å². The van der Waals surface area contributed by atoms with Crippen molar-refractivity contribution in [2.75, 3.05) is 6.61 Å². The Morgan fingerprint density at radius 2 is 1.31 bits per heavy atom. The lowest BCUT2D eigenvalue weighted by Gasteiger charge is -2.25. The number of halogens is 2. The Bertz CT molecular complexity index is 752. The van der Waals surface area contributed by atoms with Gasteiger partial charge in [-0.25, -0.2) is 9.36 Å². The van der Waals surface area contributed by atoms with Gasteiger partial charge in [0.25, 0.3) is 0 Å². The number of hydrogen-bond acceptors (Lipinski definition) is 5. The minimum absolute atomic E-state index is 0.116. The predicted molar refractivity (Wildman–Crippen MR) is 92.8 cm³/mol. The summed E-state index contributed by atoms with van der Waals surface area (Å²) in [6, 6.07) is 11.8. The van der Waals surface area contributed by atoms with Crippen molar-refractivity contribution in [2.45, 2.75) is 26.4 Å². The number of benzene rings is 2. The number of hydrogen-bond donors (Lipinski definition) is 0. The molecule has 5 nitrogen and oxygen atoms in total. The fourth-order valence-corrected chi connectivity index (χ4v) is 3.29. The summed E-state index contributed by atoms with van der Waals surface area (Å²) in [7, 11) is -5.29. The van der Waals surface area contributed by atoms with Crippen LogP contribution >= 0.6 is 7.60 Å². The summed E-state index contributed by atoms with van der Waals surface area (Å²) in [5, 5.41) is 0. The Kier molecular flexibility index (Phi) is 6.03. The van der Waals surface area contributed by atoms with Crippen LogP contribution in [0.5, 0.6) is 11.5 Å². The van der Waals surface area contributed by atoms with Crippen molar-refractivity contribution >= 4 is 13.6 Å². The second-order valence-electron chi connectivity index (χ2n) is 5.57. The molecule has 0 radical (unpaired) electrons. The molecule has 0 aliphatic carbocycles. The summed E-state index contributed by atoms with van der Waals surface area (Å²) in [6.45, 7) is 4.64. The molecule has 2 rings (SSSR count). The van der Waals surface area contributed by atoms with Crippen molar-refractivity contribution in [3.05, 3.63) is 59.7 Å². The van der Waals surface area contributed by atoms with Gasteiger partial charge in [-0.2, -0.15) is 8.78 Å². The number of aryl methyl sites for hydroxylation is 2. The van der Waals surface area contributed by atoms with Gasteiger partial charge >= 0.3 is 19.2 Å². The minimum atomic E-state index is -5.29. The average molecular weight is 384 g/mol. The Hall–Kier alpha value is -2.40. The first-order chi connectivity index (χ1) is 12.2. The largest absolute Gasteiger partial charge is 0.512 e. The van der Waals surface area contributed by atoms with Crippen LogP contribution in [0.25, 0.3) is 0 Å². The first-order valence-electron chi connectivity index (χ1n) is 7.85. The van der Waals surface area contributed by atoms with Gasteiger partial charge in [-0.15, -0.1) is 0 Å². The molecule has 0 heterocycles. The zero-order chi connectivity index (χ0) is 19.4. The summed E-state index contributed by atoms with van der Waals surface area (Å²) >= 11 is 0. The molecule has 0 N–H and O–H groups in total. The molecule has 0 unspecified atom stereocenters. The molecular formula is C18H19F2O5P. The highest BCUT2D eigenvalue weighted by molar-refractivity contribution is 7.57. The Labute approximate surface area is 150 Å². The van der Waals surface area contributed by atoms with Crippen molar-refractivity contribution in [1.29, 1.82) is 0 Å². The smallest absolute Gasteiger partial charge is 0.461 e. The number of alkyl halides is 2. The van der Waals surface area contributed by atoms with Gasteiger partial charge in [0.05, 0.1) is 6.61 Å². The number of carbonyl (C=O) groups is 1. The van der Waals surface area contributed by atoms with E-state index >= 15 is 0 Å². The fourth-order valence-electron chi connectivity index (χ4n) is 1.94. The van der Waals surface area contributed by atoms with Gasteiger partial charge < -0.3 is 13.8 Å². The molecule has 2 aromatic carbocycles. The first-order valence-corrected chi connectivity index (χ1v) is 9.40. The fraction of sp³-hybridized carbons (Fsp3) is 0.278. The average Bonchev–Trinajstić information content (AvgIpc) is 2.59. The molecule has 0 aromatic heterocycles. The Morgan fingerprint density at radius 1 is 0.923 bits per heavy atom. The molecule has 0 saturated heterocycles. The summed E-state index contributed by atoms with van der Waals surface area (Å²) in [4.78, 5) is 11.7. The maximum absolute atomic E-state index is 14.6. The van der Waals surface area contributed by atoms with Crippen molar-refractivity contribution < 1.29 is 31.9 Å². The number of ether oxygens (including phenoxy) is 1. The van der Waals surface area contributed by atoms with Crippen LogP contribution in [0.4, 0.5) is 8.78 Å². The highest BCUT2D eigenvalue weighted by Gasteiger charge is 2.64. The molecule has 8 heteroatoms. The third-order valence-corrected chi connectivity index (χ3v) is 5.13. The maximum Gasteiger partial charge on any atom is 0.512 e. The second-order valence-corrected chi connectivity index (χ2v) is 7.49. The van der Waals surface area contributed by atoms with Crippen LogP contribution in [0.2, 0.25) is 0 Å².